The third kappa shape index (κ3) is 3.39. The molecule has 1 aliphatic heterocycles. The second kappa shape index (κ2) is 6.62. The minimum Gasteiger partial charge on any atom is -0.377 e. The van der Waals surface area contributed by atoms with E-state index in [0.717, 1.165) is 34.1 Å². The molecule has 2 heterocycles. The fourth-order valence-electron chi connectivity index (χ4n) is 2.59. The van der Waals surface area contributed by atoms with E-state index in [1.54, 1.807) is 24.9 Å². The van der Waals surface area contributed by atoms with E-state index in [2.05, 4.69) is 15.3 Å². The second-order valence-electron chi connectivity index (χ2n) is 5.26. The van der Waals surface area contributed by atoms with Crippen LogP contribution < -0.4 is 5.32 Å². The average Bonchev–Trinajstić information content (AvgIpc) is 2.48. The van der Waals surface area contributed by atoms with E-state index in [4.69, 9.17) is 4.74 Å². The maximum Gasteiger partial charge on any atom is 0.156 e. The van der Waals surface area contributed by atoms with Gasteiger partial charge < -0.3 is 10.1 Å². The molecular formula is C16H18FN3OS. The Morgan fingerprint density at radius 2 is 2.23 bits per heavy atom. The fourth-order valence-corrected chi connectivity index (χ4v) is 3.70. The highest BCUT2D eigenvalue weighted by Crippen LogP contribution is 2.38. The molecule has 0 radical (unpaired) electrons. The number of hydrogen-bond donors (Lipinski definition) is 1. The van der Waals surface area contributed by atoms with E-state index in [1.807, 2.05) is 19.1 Å². The zero-order valence-corrected chi connectivity index (χ0v) is 13.4. The van der Waals surface area contributed by atoms with E-state index >= 15 is 0 Å². The molecule has 0 unspecified atom stereocenters. The van der Waals surface area contributed by atoms with Crippen molar-refractivity contribution in [3.8, 4) is 0 Å². The molecule has 0 spiro atoms. The van der Waals surface area contributed by atoms with Crippen LogP contribution in [0.15, 0.2) is 29.2 Å². The maximum absolute atomic E-state index is 13.6. The number of benzene rings is 1. The number of fused-ring (bicyclic) bond motifs is 1. The molecule has 3 rings (SSSR count). The number of ether oxygens (including phenoxy) is 1. The number of nitrogens with zero attached hydrogens (tertiary/aromatic N) is 2. The Kier molecular flexibility index (Phi) is 4.59. The van der Waals surface area contributed by atoms with Gasteiger partial charge in [0.2, 0.25) is 0 Å². The quantitative estimate of drug-likeness (QED) is 0.930. The number of anilines is 1. The standard InChI is InChI=1S/C16H18FN3OS/c1-10-7-15(20-16(18-10)9-21-2)19-13-5-6-22-14-4-3-11(17)8-12(13)14/h3-4,7-8,13H,5-6,9H2,1-2H3,(H,18,19,20)/t13-/m1/s1. The zero-order valence-electron chi connectivity index (χ0n) is 12.6. The van der Waals surface area contributed by atoms with Crippen molar-refractivity contribution < 1.29 is 9.13 Å². The van der Waals surface area contributed by atoms with Gasteiger partial charge in [0.05, 0.1) is 6.04 Å². The largest absolute Gasteiger partial charge is 0.377 e. The van der Waals surface area contributed by atoms with E-state index in [0.29, 0.717) is 12.4 Å². The third-order valence-corrected chi connectivity index (χ3v) is 4.63. The summed E-state index contributed by atoms with van der Waals surface area (Å²) in [4.78, 5) is 9.93. The first-order valence-electron chi connectivity index (χ1n) is 7.18. The summed E-state index contributed by atoms with van der Waals surface area (Å²) in [6, 6.07) is 6.95. The second-order valence-corrected chi connectivity index (χ2v) is 6.40. The van der Waals surface area contributed by atoms with Crippen LogP contribution in [-0.2, 0) is 11.3 Å². The highest BCUT2D eigenvalue weighted by atomic mass is 32.2. The molecule has 0 saturated carbocycles. The predicted molar refractivity (Wildman–Crippen MR) is 85.6 cm³/mol. The lowest BCUT2D eigenvalue weighted by atomic mass is 10.0. The monoisotopic (exact) mass is 319 g/mol. The van der Waals surface area contributed by atoms with Crippen LogP contribution in [-0.4, -0.2) is 22.8 Å². The first kappa shape index (κ1) is 15.2. The van der Waals surface area contributed by atoms with Crippen LogP contribution in [0.1, 0.15) is 29.5 Å². The molecule has 2 aromatic rings. The van der Waals surface area contributed by atoms with Crippen molar-refractivity contribution in [1.82, 2.24) is 9.97 Å². The Morgan fingerprint density at radius 1 is 1.36 bits per heavy atom. The zero-order chi connectivity index (χ0) is 15.5. The van der Waals surface area contributed by atoms with Crippen LogP contribution in [0.3, 0.4) is 0 Å². The molecular weight excluding hydrogens is 301 g/mol. The van der Waals surface area contributed by atoms with Crippen LogP contribution in [0.4, 0.5) is 10.2 Å². The highest BCUT2D eigenvalue weighted by molar-refractivity contribution is 7.99. The maximum atomic E-state index is 13.6. The van der Waals surface area contributed by atoms with Crippen LogP contribution in [0.5, 0.6) is 0 Å². The summed E-state index contributed by atoms with van der Waals surface area (Å²) < 4.78 is 18.7. The lowest BCUT2D eigenvalue weighted by molar-refractivity contribution is 0.177. The Hall–Kier alpha value is -1.66. The first-order chi connectivity index (χ1) is 10.7. The summed E-state index contributed by atoms with van der Waals surface area (Å²) in [7, 11) is 1.62. The highest BCUT2D eigenvalue weighted by Gasteiger charge is 2.21. The van der Waals surface area contributed by atoms with Crippen molar-refractivity contribution >= 4 is 17.6 Å². The lowest BCUT2D eigenvalue weighted by Gasteiger charge is -2.26. The van der Waals surface area contributed by atoms with Gasteiger partial charge >= 0.3 is 0 Å². The normalized spacial score (nSPS) is 17.1. The summed E-state index contributed by atoms with van der Waals surface area (Å²) >= 11 is 1.77. The van der Waals surface area contributed by atoms with Crippen LogP contribution in [0.2, 0.25) is 0 Å². The van der Waals surface area contributed by atoms with Gasteiger partial charge in [0, 0.05) is 29.5 Å². The van der Waals surface area contributed by atoms with Crippen molar-refractivity contribution in [2.24, 2.45) is 0 Å². The molecule has 1 aromatic carbocycles. The molecule has 1 atom stereocenters. The third-order valence-electron chi connectivity index (χ3n) is 3.51. The molecule has 22 heavy (non-hydrogen) atoms. The molecule has 1 aliphatic rings. The van der Waals surface area contributed by atoms with Crippen LogP contribution >= 0.6 is 11.8 Å². The van der Waals surface area contributed by atoms with Gasteiger partial charge in [-0.15, -0.1) is 11.8 Å². The van der Waals surface area contributed by atoms with Crippen LogP contribution in [0.25, 0.3) is 0 Å². The number of halogens is 1. The smallest absolute Gasteiger partial charge is 0.156 e. The summed E-state index contributed by atoms with van der Waals surface area (Å²) in [5, 5.41) is 3.42. The molecule has 116 valence electrons. The minimum absolute atomic E-state index is 0.0663. The molecule has 0 bridgehead atoms. The van der Waals surface area contributed by atoms with E-state index in [1.165, 1.54) is 6.07 Å². The summed E-state index contributed by atoms with van der Waals surface area (Å²) in [6.07, 6.45) is 0.934. The SMILES string of the molecule is COCc1nc(C)cc(N[C@@H]2CCSc3ccc(F)cc32)n1. The first-order valence-corrected chi connectivity index (χ1v) is 8.16. The van der Waals surface area contributed by atoms with Gasteiger partial charge in [0.15, 0.2) is 5.82 Å². The van der Waals surface area contributed by atoms with E-state index in [9.17, 15) is 4.39 Å². The topological polar surface area (TPSA) is 47.0 Å². The Bertz CT molecular complexity index is 680. The van der Waals surface area contributed by atoms with Crippen molar-refractivity contribution in [3.05, 3.63) is 47.2 Å². The van der Waals surface area contributed by atoms with Gasteiger partial charge in [-0.2, -0.15) is 0 Å². The van der Waals surface area contributed by atoms with Crippen molar-refractivity contribution in [1.29, 1.82) is 0 Å². The van der Waals surface area contributed by atoms with Gasteiger partial charge in [-0.1, -0.05) is 0 Å². The Labute approximate surface area is 133 Å². The number of rotatable bonds is 4. The molecule has 1 aromatic heterocycles. The molecule has 0 aliphatic carbocycles. The van der Waals surface area contributed by atoms with Crippen molar-refractivity contribution in [3.63, 3.8) is 0 Å². The van der Waals surface area contributed by atoms with Gasteiger partial charge in [-0.05, 0) is 37.1 Å². The Morgan fingerprint density at radius 3 is 3.05 bits per heavy atom. The number of nitrogens with one attached hydrogen (secondary N) is 1. The van der Waals surface area contributed by atoms with Gasteiger partial charge in [0.25, 0.3) is 0 Å². The number of thioether (sulfide) groups is 1. The van der Waals surface area contributed by atoms with Crippen molar-refractivity contribution in [2.45, 2.75) is 30.9 Å². The summed E-state index contributed by atoms with van der Waals surface area (Å²) in [5.41, 5.74) is 1.88. The number of aromatic nitrogens is 2. The number of methoxy groups -OCH3 is 1. The average molecular weight is 319 g/mol. The summed E-state index contributed by atoms with van der Waals surface area (Å²) in [5.74, 6) is 2.21. The van der Waals surface area contributed by atoms with Crippen molar-refractivity contribution in [2.75, 3.05) is 18.2 Å². The molecule has 0 saturated heterocycles. The van der Waals surface area contributed by atoms with Gasteiger partial charge in [-0.3, -0.25) is 0 Å². The summed E-state index contributed by atoms with van der Waals surface area (Å²) in [6.45, 7) is 2.30. The molecule has 6 heteroatoms. The van der Waals surface area contributed by atoms with E-state index < -0.39 is 0 Å². The van der Waals surface area contributed by atoms with Gasteiger partial charge in [0.1, 0.15) is 18.2 Å². The molecule has 4 nitrogen and oxygen atoms in total. The number of hydrogen-bond acceptors (Lipinski definition) is 5. The minimum atomic E-state index is -0.202. The van der Waals surface area contributed by atoms with Crippen LogP contribution in [0, 0.1) is 12.7 Å². The van der Waals surface area contributed by atoms with E-state index in [-0.39, 0.29) is 11.9 Å². The molecule has 1 N–H and O–H groups in total. The predicted octanol–water partition coefficient (Wildman–Crippen LogP) is 3.72. The lowest BCUT2D eigenvalue weighted by Crippen LogP contribution is -2.18. The fraction of sp³-hybridized carbons (Fsp3) is 0.375. The molecule has 0 fully saturated rings. The number of aryl methyl sites for hydroxylation is 1. The molecule has 0 amide bonds. The van der Waals surface area contributed by atoms with Gasteiger partial charge in [-0.25, -0.2) is 14.4 Å². The Balaban J connectivity index is 1.87.